The maximum atomic E-state index is 12.5. The summed E-state index contributed by atoms with van der Waals surface area (Å²) in [6, 6.07) is 20.9. The first-order valence-corrected chi connectivity index (χ1v) is 9.63. The number of hydrogen-bond donors (Lipinski definition) is 1. The molecule has 25 heavy (non-hydrogen) atoms. The van der Waals surface area contributed by atoms with Gasteiger partial charge in [-0.3, -0.25) is 0 Å². The van der Waals surface area contributed by atoms with Crippen molar-refractivity contribution in [1.82, 2.24) is 9.62 Å². The van der Waals surface area contributed by atoms with Crippen LogP contribution in [-0.2, 0) is 23.1 Å². The van der Waals surface area contributed by atoms with E-state index in [-0.39, 0.29) is 11.4 Å². The molecule has 5 heteroatoms. The van der Waals surface area contributed by atoms with E-state index in [9.17, 15) is 8.42 Å². The van der Waals surface area contributed by atoms with Gasteiger partial charge in [-0.25, -0.2) is 13.1 Å². The second kappa shape index (κ2) is 7.35. The predicted octanol–water partition coefficient (Wildman–Crippen LogP) is 3.38. The highest BCUT2D eigenvalue weighted by Crippen LogP contribution is 2.19. The highest BCUT2D eigenvalue weighted by molar-refractivity contribution is 7.89. The molecule has 0 aliphatic rings. The van der Waals surface area contributed by atoms with Crippen molar-refractivity contribution in [1.29, 1.82) is 0 Å². The highest BCUT2D eigenvalue weighted by Gasteiger charge is 2.14. The summed E-state index contributed by atoms with van der Waals surface area (Å²) in [5, 5.41) is 1.94. The zero-order valence-electron chi connectivity index (χ0n) is 14.4. The lowest BCUT2D eigenvalue weighted by Gasteiger charge is -2.11. The van der Waals surface area contributed by atoms with Crippen LogP contribution in [0.3, 0.4) is 0 Å². The Morgan fingerprint density at radius 1 is 0.840 bits per heavy atom. The third kappa shape index (κ3) is 4.45. The van der Waals surface area contributed by atoms with Gasteiger partial charge in [0.1, 0.15) is 0 Å². The summed E-state index contributed by atoms with van der Waals surface area (Å²) in [6.45, 7) is 1.14. The summed E-state index contributed by atoms with van der Waals surface area (Å²) < 4.78 is 27.8. The Balaban J connectivity index is 1.72. The van der Waals surface area contributed by atoms with Crippen molar-refractivity contribution in [3.63, 3.8) is 0 Å². The van der Waals surface area contributed by atoms with E-state index in [4.69, 9.17) is 0 Å². The quantitative estimate of drug-likeness (QED) is 0.738. The molecule has 0 aromatic heterocycles. The SMILES string of the molecule is CN(C)Cc1ccc(CNS(=O)(=O)c2ccc3ccccc3c2)cc1. The van der Waals surface area contributed by atoms with Crippen molar-refractivity contribution in [3.8, 4) is 0 Å². The van der Waals surface area contributed by atoms with E-state index in [0.717, 1.165) is 22.9 Å². The van der Waals surface area contributed by atoms with Crippen LogP contribution in [0.5, 0.6) is 0 Å². The Bertz CT molecular complexity index is 964. The minimum absolute atomic E-state index is 0.275. The van der Waals surface area contributed by atoms with Gasteiger partial charge in [-0.15, -0.1) is 0 Å². The van der Waals surface area contributed by atoms with Crippen molar-refractivity contribution in [2.45, 2.75) is 18.0 Å². The molecule has 130 valence electrons. The summed E-state index contributed by atoms with van der Waals surface area (Å²) in [5.74, 6) is 0. The lowest BCUT2D eigenvalue weighted by atomic mass is 10.1. The molecule has 0 spiro atoms. The average molecular weight is 354 g/mol. The van der Waals surface area contributed by atoms with Crippen LogP contribution in [0.25, 0.3) is 10.8 Å². The van der Waals surface area contributed by atoms with Gasteiger partial charge in [-0.05, 0) is 48.1 Å². The first-order chi connectivity index (χ1) is 11.9. The topological polar surface area (TPSA) is 49.4 Å². The number of hydrogen-bond acceptors (Lipinski definition) is 3. The molecule has 3 aromatic carbocycles. The molecular formula is C20H22N2O2S. The molecule has 0 bridgehead atoms. The zero-order chi connectivity index (χ0) is 17.9. The van der Waals surface area contributed by atoms with E-state index in [2.05, 4.69) is 9.62 Å². The monoisotopic (exact) mass is 354 g/mol. The smallest absolute Gasteiger partial charge is 0.240 e. The van der Waals surface area contributed by atoms with Crippen molar-refractivity contribution >= 4 is 20.8 Å². The number of benzene rings is 3. The molecule has 4 nitrogen and oxygen atoms in total. The Morgan fingerprint density at radius 3 is 2.16 bits per heavy atom. The van der Waals surface area contributed by atoms with Crippen LogP contribution < -0.4 is 4.72 Å². The van der Waals surface area contributed by atoms with Crippen LogP contribution >= 0.6 is 0 Å². The number of rotatable bonds is 6. The molecule has 0 aliphatic heterocycles. The second-order valence-electron chi connectivity index (χ2n) is 6.39. The number of fused-ring (bicyclic) bond motifs is 1. The van der Waals surface area contributed by atoms with Gasteiger partial charge in [-0.1, -0.05) is 54.6 Å². The molecule has 3 rings (SSSR count). The van der Waals surface area contributed by atoms with Gasteiger partial charge in [0.25, 0.3) is 0 Å². The van der Waals surface area contributed by atoms with E-state index in [0.29, 0.717) is 0 Å². The van der Waals surface area contributed by atoms with Gasteiger partial charge >= 0.3 is 0 Å². The predicted molar refractivity (Wildman–Crippen MR) is 102 cm³/mol. The molecule has 0 aliphatic carbocycles. The molecular weight excluding hydrogens is 332 g/mol. The summed E-state index contributed by atoms with van der Waals surface area (Å²) in [6.07, 6.45) is 0. The maximum Gasteiger partial charge on any atom is 0.240 e. The molecule has 0 radical (unpaired) electrons. The lowest BCUT2D eigenvalue weighted by molar-refractivity contribution is 0.402. The fourth-order valence-corrected chi connectivity index (χ4v) is 3.78. The van der Waals surface area contributed by atoms with Crippen LogP contribution in [0.1, 0.15) is 11.1 Å². The third-order valence-corrected chi connectivity index (χ3v) is 5.42. The zero-order valence-corrected chi connectivity index (χ0v) is 15.3. The van der Waals surface area contributed by atoms with E-state index in [1.165, 1.54) is 5.56 Å². The molecule has 0 saturated heterocycles. The maximum absolute atomic E-state index is 12.5. The Morgan fingerprint density at radius 2 is 1.48 bits per heavy atom. The van der Waals surface area contributed by atoms with Crippen LogP contribution in [0, 0.1) is 0 Å². The van der Waals surface area contributed by atoms with Crippen molar-refractivity contribution in [2.24, 2.45) is 0 Å². The molecule has 1 N–H and O–H groups in total. The Hall–Kier alpha value is -2.21. The van der Waals surface area contributed by atoms with Crippen LogP contribution in [0.15, 0.2) is 71.6 Å². The summed E-state index contributed by atoms with van der Waals surface area (Å²) >= 11 is 0. The van der Waals surface area contributed by atoms with Gasteiger partial charge in [-0.2, -0.15) is 0 Å². The lowest BCUT2D eigenvalue weighted by Crippen LogP contribution is -2.23. The van der Waals surface area contributed by atoms with E-state index in [1.54, 1.807) is 12.1 Å². The molecule has 0 heterocycles. The highest BCUT2D eigenvalue weighted by atomic mass is 32.2. The first-order valence-electron chi connectivity index (χ1n) is 8.15. The van der Waals surface area contributed by atoms with E-state index >= 15 is 0 Å². The minimum atomic E-state index is -3.54. The standard InChI is InChI=1S/C20H22N2O2S/c1-22(2)15-17-9-7-16(8-10-17)14-21-25(23,24)20-12-11-18-5-3-4-6-19(18)13-20/h3-13,21H,14-15H2,1-2H3. The molecule has 0 unspecified atom stereocenters. The van der Waals surface area contributed by atoms with Crippen LogP contribution in [0.4, 0.5) is 0 Å². The van der Waals surface area contributed by atoms with Crippen LogP contribution in [0.2, 0.25) is 0 Å². The molecule has 3 aromatic rings. The molecule has 0 amide bonds. The number of sulfonamides is 1. The van der Waals surface area contributed by atoms with Crippen molar-refractivity contribution in [2.75, 3.05) is 14.1 Å². The summed E-state index contributed by atoms with van der Waals surface area (Å²) in [7, 11) is 0.502. The largest absolute Gasteiger partial charge is 0.305 e. The van der Waals surface area contributed by atoms with E-state index in [1.807, 2.05) is 68.7 Å². The fourth-order valence-electron chi connectivity index (χ4n) is 2.72. The number of nitrogens with zero attached hydrogens (tertiary/aromatic N) is 1. The van der Waals surface area contributed by atoms with Gasteiger partial charge in [0.05, 0.1) is 4.90 Å². The summed E-state index contributed by atoms with van der Waals surface area (Å²) in [4.78, 5) is 2.38. The second-order valence-corrected chi connectivity index (χ2v) is 8.15. The van der Waals surface area contributed by atoms with Crippen LogP contribution in [-0.4, -0.2) is 27.4 Å². The molecule has 0 saturated carbocycles. The van der Waals surface area contributed by atoms with Crippen molar-refractivity contribution in [3.05, 3.63) is 77.9 Å². The Kier molecular flexibility index (Phi) is 5.18. The van der Waals surface area contributed by atoms with Gasteiger partial charge in [0, 0.05) is 13.1 Å². The Labute approximate surface area is 149 Å². The summed E-state index contributed by atoms with van der Waals surface area (Å²) in [5.41, 5.74) is 2.14. The normalized spacial score (nSPS) is 12.0. The first kappa shape index (κ1) is 17.6. The fraction of sp³-hybridized carbons (Fsp3) is 0.200. The van der Waals surface area contributed by atoms with Crippen molar-refractivity contribution < 1.29 is 8.42 Å². The minimum Gasteiger partial charge on any atom is -0.305 e. The average Bonchev–Trinajstić information content (AvgIpc) is 2.60. The number of nitrogens with one attached hydrogen (secondary N) is 1. The van der Waals surface area contributed by atoms with Gasteiger partial charge in [0.2, 0.25) is 10.0 Å². The molecule has 0 fully saturated rings. The van der Waals surface area contributed by atoms with Gasteiger partial charge < -0.3 is 4.90 Å². The van der Waals surface area contributed by atoms with E-state index < -0.39 is 10.0 Å². The third-order valence-electron chi connectivity index (χ3n) is 4.02. The van der Waals surface area contributed by atoms with Gasteiger partial charge in [0.15, 0.2) is 0 Å². The molecule has 0 atom stereocenters.